The monoisotopic (exact) mass is 303 g/mol. The highest BCUT2D eigenvalue weighted by molar-refractivity contribution is 5.92. The molecular weight excluding hydrogens is 278 g/mol. The van der Waals surface area contributed by atoms with Crippen LogP contribution in [-0.2, 0) is 9.53 Å². The summed E-state index contributed by atoms with van der Waals surface area (Å²) in [5.74, 6) is 0.481. The Hall–Kier alpha value is -1.84. The first kappa shape index (κ1) is 16.5. The fourth-order valence-electron chi connectivity index (χ4n) is 3.12. The lowest BCUT2D eigenvalue weighted by Gasteiger charge is -2.34. The minimum absolute atomic E-state index is 0.0999. The molecule has 0 unspecified atom stereocenters. The molecule has 22 heavy (non-hydrogen) atoms. The topological polar surface area (TPSA) is 46.6 Å². The van der Waals surface area contributed by atoms with Gasteiger partial charge in [-0.2, -0.15) is 0 Å². The maximum atomic E-state index is 12.2. The lowest BCUT2D eigenvalue weighted by Crippen LogP contribution is -2.44. The lowest BCUT2D eigenvalue weighted by molar-refractivity contribution is -0.137. The van der Waals surface area contributed by atoms with Crippen molar-refractivity contribution < 1.29 is 14.3 Å². The molecule has 4 heteroatoms. The molecule has 2 atom stereocenters. The summed E-state index contributed by atoms with van der Waals surface area (Å²) in [6.45, 7) is 9.43. The molecule has 1 aliphatic rings. The number of amides is 1. The number of hydrogen-bond donors (Lipinski definition) is 0. The van der Waals surface area contributed by atoms with Gasteiger partial charge in [0.2, 0.25) is 0 Å². The molecule has 0 N–H and O–H groups in total. The van der Waals surface area contributed by atoms with Crippen molar-refractivity contribution in [2.75, 3.05) is 19.7 Å². The number of ether oxygens (including phenoxy) is 1. The Kier molecular flexibility index (Phi) is 5.22. The van der Waals surface area contributed by atoms with E-state index in [1.165, 1.54) is 0 Å². The number of esters is 1. The highest BCUT2D eigenvalue weighted by atomic mass is 16.5. The predicted octanol–water partition coefficient (Wildman–Crippen LogP) is 2.96. The van der Waals surface area contributed by atoms with E-state index in [-0.39, 0.29) is 12.5 Å². The summed E-state index contributed by atoms with van der Waals surface area (Å²) in [4.78, 5) is 26.2. The Labute approximate surface area is 132 Å². The zero-order valence-corrected chi connectivity index (χ0v) is 13.9. The van der Waals surface area contributed by atoms with Gasteiger partial charge in [0.1, 0.15) is 0 Å². The molecule has 120 valence electrons. The summed E-state index contributed by atoms with van der Waals surface area (Å²) in [6.07, 6.45) is 1.14. The van der Waals surface area contributed by atoms with Crippen LogP contribution in [0, 0.1) is 25.7 Å². The van der Waals surface area contributed by atoms with Gasteiger partial charge in [-0.3, -0.25) is 4.79 Å². The molecule has 4 nitrogen and oxygen atoms in total. The van der Waals surface area contributed by atoms with E-state index in [0.717, 1.165) is 30.6 Å². The molecule has 1 aromatic rings. The third-order valence-electron chi connectivity index (χ3n) is 4.16. The largest absolute Gasteiger partial charge is 0.452 e. The van der Waals surface area contributed by atoms with Gasteiger partial charge in [0.05, 0.1) is 5.56 Å². The number of aryl methyl sites for hydroxylation is 2. The van der Waals surface area contributed by atoms with Crippen molar-refractivity contribution in [2.24, 2.45) is 11.8 Å². The Bertz CT molecular complexity index is 557. The van der Waals surface area contributed by atoms with E-state index in [1.807, 2.05) is 30.9 Å². The fourth-order valence-corrected chi connectivity index (χ4v) is 3.12. The van der Waals surface area contributed by atoms with Crippen LogP contribution in [0.2, 0.25) is 0 Å². The molecule has 2 rings (SSSR count). The lowest BCUT2D eigenvalue weighted by atomic mass is 9.92. The third-order valence-corrected chi connectivity index (χ3v) is 4.16. The summed E-state index contributed by atoms with van der Waals surface area (Å²) in [5, 5.41) is 0. The van der Waals surface area contributed by atoms with E-state index in [1.54, 1.807) is 6.07 Å². The smallest absolute Gasteiger partial charge is 0.338 e. The first-order valence-corrected chi connectivity index (χ1v) is 7.89. The molecule has 0 bridgehead atoms. The van der Waals surface area contributed by atoms with Crippen molar-refractivity contribution in [1.82, 2.24) is 4.90 Å². The van der Waals surface area contributed by atoms with Gasteiger partial charge in [-0.15, -0.1) is 0 Å². The van der Waals surface area contributed by atoms with Gasteiger partial charge in [-0.05, 0) is 43.7 Å². The van der Waals surface area contributed by atoms with Gasteiger partial charge in [0.15, 0.2) is 6.61 Å². The number of benzene rings is 1. The number of piperidine rings is 1. The van der Waals surface area contributed by atoms with Crippen molar-refractivity contribution in [1.29, 1.82) is 0 Å². The number of rotatable bonds is 3. The second-order valence-electron chi connectivity index (χ2n) is 6.64. The van der Waals surface area contributed by atoms with Crippen LogP contribution in [-0.4, -0.2) is 36.5 Å². The summed E-state index contributed by atoms with van der Waals surface area (Å²) in [5.41, 5.74) is 2.40. The van der Waals surface area contributed by atoms with E-state index in [4.69, 9.17) is 4.74 Å². The van der Waals surface area contributed by atoms with E-state index < -0.39 is 5.97 Å². The fraction of sp³-hybridized carbons (Fsp3) is 0.556. The molecule has 1 saturated heterocycles. The summed E-state index contributed by atoms with van der Waals surface area (Å²) in [6, 6.07) is 5.64. The SMILES string of the molecule is Cc1ccc(C)c(C(=O)OCC(=O)N2C[C@@H](C)C[C@H](C)C2)c1. The van der Waals surface area contributed by atoms with Crippen molar-refractivity contribution in [3.8, 4) is 0 Å². The summed E-state index contributed by atoms with van der Waals surface area (Å²) in [7, 11) is 0. The highest BCUT2D eigenvalue weighted by Crippen LogP contribution is 2.21. The second-order valence-corrected chi connectivity index (χ2v) is 6.64. The van der Waals surface area contributed by atoms with Gasteiger partial charge in [0.25, 0.3) is 5.91 Å². The van der Waals surface area contributed by atoms with E-state index in [9.17, 15) is 9.59 Å². The van der Waals surface area contributed by atoms with Crippen LogP contribution >= 0.6 is 0 Å². The molecule has 0 radical (unpaired) electrons. The van der Waals surface area contributed by atoms with E-state index >= 15 is 0 Å². The molecule has 1 fully saturated rings. The minimum Gasteiger partial charge on any atom is -0.452 e. The third kappa shape index (κ3) is 4.09. The molecule has 0 spiro atoms. The molecule has 1 amide bonds. The van der Waals surface area contributed by atoms with Crippen LogP contribution in [0.15, 0.2) is 18.2 Å². The minimum atomic E-state index is -0.423. The van der Waals surface area contributed by atoms with Crippen molar-refractivity contribution >= 4 is 11.9 Å². The predicted molar refractivity (Wildman–Crippen MR) is 85.7 cm³/mol. The molecule has 1 aromatic carbocycles. The Balaban J connectivity index is 1.93. The van der Waals surface area contributed by atoms with Crippen LogP contribution in [0.1, 0.15) is 41.8 Å². The van der Waals surface area contributed by atoms with Gasteiger partial charge in [-0.25, -0.2) is 4.79 Å². The van der Waals surface area contributed by atoms with Crippen molar-refractivity contribution in [3.05, 3.63) is 34.9 Å². The molecule has 1 heterocycles. The first-order chi connectivity index (χ1) is 10.4. The molecular formula is C18H25NO3. The first-order valence-electron chi connectivity index (χ1n) is 7.89. The number of carbonyl (C=O) groups is 2. The van der Waals surface area contributed by atoms with Gasteiger partial charge >= 0.3 is 5.97 Å². The average molecular weight is 303 g/mol. The van der Waals surface area contributed by atoms with Crippen LogP contribution in [0.4, 0.5) is 0 Å². The zero-order chi connectivity index (χ0) is 16.3. The second kappa shape index (κ2) is 6.95. The number of carbonyl (C=O) groups excluding carboxylic acids is 2. The highest BCUT2D eigenvalue weighted by Gasteiger charge is 2.26. The van der Waals surface area contributed by atoms with Crippen LogP contribution in [0.3, 0.4) is 0 Å². The Morgan fingerprint density at radius 2 is 1.82 bits per heavy atom. The zero-order valence-electron chi connectivity index (χ0n) is 13.9. The standard InChI is InChI=1S/C18H25NO3/c1-12-5-6-15(4)16(8-12)18(21)22-11-17(20)19-9-13(2)7-14(3)10-19/h5-6,8,13-14H,7,9-11H2,1-4H3/t13-,14-/m0/s1. The Morgan fingerprint density at radius 3 is 2.45 bits per heavy atom. The molecule has 0 aliphatic carbocycles. The average Bonchev–Trinajstić information content (AvgIpc) is 2.45. The Morgan fingerprint density at radius 1 is 1.18 bits per heavy atom. The van der Waals surface area contributed by atoms with E-state index in [0.29, 0.717) is 17.4 Å². The maximum absolute atomic E-state index is 12.2. The normalized spacial score (nSPS) is 21.5. The number of hydrogen-bond acceptors (Lipinski definition) is 3. The van der Waals surface area contributed by atoms with Gasteiger partial charge in [0, 0.05) is 13.1 Å². The molecule has 0 aromatic heterocycles. The van der Waals surface area contributed by atoms with Crippen molar-refractivity contribution in [2.45, 2.75) is 34.1 Å². The number of nitrogens with zero attached hydrogens (tertiary/aromatic N) is 1. The van der Waals surface area contributed by atoms with Gasteiger partial charge in [-0.1, -0.05) is 31.5 Å². The van der Waals surface area contributed by atoms with E-state index in [2.05, 4.69) is 13.8 Å². The van der Waals surface area contributed by atoms with Crippen LogP contribution in [0.25, 0.3) is 0 Å². The van der Waals surface area contributed by atoms with Crippen LogP contribution in [0.5, 0.6) is 0 Å². The van der Waals surface area contributed by atoms with Crippen LogP contribution < -0.4 is 0 Å². The summed E-state index contributed by atoms with van der Waals surface area (Å²) >= 11 is 0. The number of likely N-dealkylation sites (tertiary alicyclic amines) is 1. The van der Waals surface area contributed by atoms with Gasteiger partial charge < -0.3 is 9.64 Å². The quantitative estimate of drug-likeness (QED) is 0.807. The molecule has 1 aliphatic heterocycles. The molecule has 0 saturated carbocycles. The summed E-state index contributed by atoms with van der Waals surface area (Å²) < 4.78 is 5.22. The van der Waals surface area contributed by atoms with Crippen molar-refractivity contribution in [3.63, 3.8) is 0 Å². The maximum Gasteiger partial charge on any atom is 0.338 e.